The lowest BCUT2D eigenvalue weighted by Gasteiger charge is -2.24. The van der Waals surface area contributed by atoms with Crippen molar-refractivity contribution < 1.29 is 14.3 Å². The zero-order valence-corrected chi connectivity index (χ0v) is 7.28. The van der Waals surface area contributed by atoms with Crippen molar-refractivity contribution in [2.75, 3.05) is 32.9 Å². The highest BCUT2D eigenvalue weighted by atomic mass is 16.5. The first-order valence-electron chi connectivity index (χ1n) is 4.16. The summed E-state index contributed by atoms with van der Waals surface area (Å²) >= 11 is 0. The fourth-order valence-electron chi connectivity index (χ4n) is 1.04. The molecule has 4 nitrogen and oxygen atoms in total. The summed E-state index contributed by atoms with van der Waals surface area (Å²) in [7, 11) is 0. The highest BCUT2D eigenvalue weighted by Gasteiger charge is 2.14. The maximum Gasteiger partial charge on any atom is 0.325 e. The topological polar surface area (TPSA) is 38.8 Å². The van der Waals surface area contributed by atoms with Crippen LogP contribution < -0.4 is 0 Å². The first kappa shape index (κ1) is 9.48. The lowest BCUT2D eigenvalue weighted by Crippen LogP contribution is -2.36. The van der Waals surface area contributed by atoms with Gasteiger partial charge in [0.2, 0.25) is 0 Å². The zero-order valence-electron chi connectivity index (χ0n) is 7.28. The molecule has 1 aliphatic rings. The van der Waals surface area contributed by atoms with E-state index in [9.17, 15) is 4.79 Å². The van der Waals surface area contributed by atoms with Crippen molar-refractivity contribution in [2.45, 2.75) is 6.92 Å². The van der Waals surface area contributed by atoms with Gasteiger partial charge >= 0.3 is 5.97 Å². The Kier molecular flexibility index (Phi) is 4.04. The maximum atomic E-state index is 11.0. The van der Waals surface area contributed by atoms with E-state index in [2.05, 4.69) is 0 Å². The molecule has 0 aromatic carbocycles. The number of nitrogens with zero attached hydrogens (tertiary/aromatic N) is 1. The van der Waals surface area contributed by atoms with Crippen molar-refractivity contribution in [1.82, 2.24) is 4.90 Å². The third-order valence-electron chi connectivity index (χ3n) is 1.62. The second-order valence-electron chi connectivity index (χ2n) is 2.53. The smallest absolute Gasteiger partial charge is 0.325 e. The molecule has 1 aliphatic heterocycles. The molecule has 0 N–H and O–H groups in total. The number of hydrogen-bond acceptors (Lipinski definition) is 4. The minimum absolute atomic E-state index is 0.264. The Morgan fingerprint density at radius 1 is 1.58 bits per heavy atom. The molecule has 69 valence electrons. The molecule has 1 rings (SSSR count). The van der Waals surface area contributed by atoms with Gasteiger partial charge in [-0.2, -0.15) is 0 Å². The summed E-state index contributed by atoms with van der Waals surface area (Å²) in [6, 6.07) is 0. The fraction of sp³-hybridized carbons (Fsp3) is 0.750. The Labute approximate surface area is 72.4 Å². The summed E-state index contributed by atoms with van der Waals surface area (Å²) in [6.45, 7) is 6.67. The highest BCUT2D eigenvalue weighted by Crippen LogP contribution is 2.00. The van der Waals surface area contributed by atoms with Gasteiger partial charge in [0.1, 0.15) is 6.54 Å². The molecule has 0 atom stereocenters. The van der Waals surface area contributed by atoms with Crippen LogP contribution in [0.1, 0.15) is 6.92 Å². The van der Waals surface area contributed by atoms with Gasteiger partial charge in [-0.1, -0.05) is 0 Å². The van der Waals surface area contributed by atoms with Crippen molar-refractivity contribution in [2.24, 2.45) is 0 Å². The van der Waals surface area contributed by atoms with Gasteiger partial charge in [-0.15, -0.1) is 0 Å². The van der Waals surface area contributed by atoms with Gasteiger partial charge in [0.15, 0.2) is 0 Å². The first-order valence-corrected chi connectivity index (χ1v) is 4.16. The van der Waals surface area contributed by atoms with Gasteiger partial charge in [-0.3, -0.25) is 9.69 Å². The zero-order chi connectivity index (χ0) is 8.81. The first-order chi connectivity index (χ1) is 5.83. The number of esters is 1. The average Bonchev–Trinajstić information content (AvgIpc) is 2.06. The Morgan fingerprint density at radius 3 is 2.83 bits per heavy atom. The molecule has 0 amide bonds. The summed E-state index contributed by atoms with van der Waals surface area (Å²) < 4.78 is 9.90. The largest absolute Gasteiger partial charge is 0.465 e. The van der Waals surface area contributed by atoms with Crippen molar-refractivity contribution in [3.8, 4) is 0 Å². The van der Waals surface area contributed by atoms with Crippen LogP contribution in [-0.2, 0) is 14.3 Å². The van der Waals surface area contributed by atoms with Gasteiger partial charge < -0.3 is 9.47 Å². The van der Waals surface area contributed by atoms with E-state index in [1.54, 1.807) is 6.92 Å². The second kappa shape index (κ2) is 5.11. The molecule has 4 heteroatoms. The Bertz CT molecular complexity index is 143. The molecule has 0 aromatic heterocycles. The third-order valence-corrected chi connectivity index (χ3v) is 1.62. The van der Waals surface area contributed by atoms with E-state index in [1.807, 2.05) is 4.90 Å². The van der Waals surface area contributed by atoms with E-state index in [-0.39, 0.29) is 5.97 Å². The summed E-state index contributed by atoms with van der Waals surface area (Å²) in [5.74, 6) is -0.264. The van der Waals surface area contributed by atoms with Gasteiger partial charge in [-0.25, -0.2) is 0 Å². The molecular formula is C8H14NO3. The molecule has 1 saturated heterocycles. The van der Waals surface area contributed by atoms with Crippen molar-refractivity contribution >= 4 is 5.97 Å². The molecule has 0 bridgehead atoms. The maximum absolute atomic E-state index is 11.0. The number of morpholine rings is 1. The quantitative estimate of drug-likeness (QED) is 0.563. The molecular weight excluding hydrogens is 158 g/mol. The molecule has 1 radical (unpaired) electrons. The Balaban J connectivity index is 2.15. The second-order valence-corrected chi connectivity index (χ2v) is 2.53. The Morgan fingerprint density at radius 2 is 2.25 bits per heavy atom. The van der Waals surface area contributed by atoms with E-state index in [0.717, 1.165) is 13.1 Å². The summed E-state index contributed by atoms with van der Waals surface area (Å²) in [4.78, 5) is 12.9. The number of carbonyl (C=O) groups excluding carboxylic acids is 1. The van der Waals surface area contributed by atoms with Crippen LogP contribution in [0.15, 0.2) is 0 Å². The molecule has 0 spiro atoms. The standard InChI is InChI=1S/C8H14NO3/c1-2-12-8(10)7-9-3-5-11-6-4-9/h7H,2-6H2,1H3. The number of ether oxygens (including phenoxy) is 2. The average molecular weight is 172 g/mol. The number of carbonyl (C=O) groups is 1. The van der Waals surface area contributed by atoms with E-state index in [4.69, 9.17) is 9.47 Å². The normalized spacial score (nSPS) is 19.1. The van der Waals surface area contributed by atoms with Crippen LogP contribution in [0, 0.1) is 6.54 Å². The van der Waals surface area contributed by atoms with E-state index >= 15 is 0 Å². The monoisotopic (exact) mass is 172 g/mol. The minimum Gasteiger partial charge on any atom is -0.465 e. The van der Waals surface area contributed by atoms with Crippen molar-refractivity contribution in [3.05, 3.63) is 6.54 Å². The fourth-order valence-corrected chi connectivity index (χ4v) is 1.04. The third kappa shape index (κ3) is 3.19. The van der Waals surface area contributed by atoms with Crippen LogP contribution in [0.5, 0.6) is 0 Å². The predicted molar refractivity (Wildman–Crippen MR) is 43.3 cm³/mol. The predicted octanol–water partition coefficient (Wildman–Crippen LogP) is 0.0435. The lowest BCUT2D eigenvalue weighted by molar-refractivity contribution is -0.141. The van der Waals surface area contributed by atoms with Gasteiger partial charge in [0, 0.05) is 13.1 Å². The molecule has 1 fully saturated rings. The van der Waals surface area contributed by atoms with Gasteiger partial charge in [0.05, 0.1) is 19.8 Å². The summed E-state index contributed by atoms with van der Waals surface area (Å²) in [5, 5.41) is 0. The molecule has 0 aromatic rings. The number of hydrogen-bond donors (Lipinski definition) is 0. The van der Waals surface area contributed by atoms with Crippen molar-refractivity contribution in [1.29, 1.82) is 0 Å². The van der Waals surface area contributed by atoms with E-state index < -0.39 is 0 Å². The van der Waals surface area contributed by atoms with Crippen molar-refractivity contribution in [3.63, 3.8) is 0 Å². The molecule has 12 heavy (non-hydrogen) atoms. The van der Waals surface area contributed by atoms with Gasteiger partial charge in [-0.05, 0) is 6.92 Å². The van der Waals surface area contributed by atoms with Crippen LogP contribution in [0.25, 0.3) is 0 Å². The molecule has 0 saturated carbocycles. The van der Waals surface area contributed by atoms with Crippen LogP contribution in [-0.4, -0.2) is 43.8 Å². The van der Waals surface area contributed by atoms with Crippen LogP contribution in [0.2, 0.25) is 0 Å². The SMILES string of the molecule is CCOC(=O)[CH]N1CCOCC1. The molecule has 0 aliphatic carbocycles. The molecule has 1 heterocycles. The van der Waals surface area contributed by atoms with Gasteiger partial charge in [0.25, 0.3) is 0 Å². The van der Waals surface area contributed by atoms with E-state index in [1.165, 1.54) is 6.54 Å². The van der Waals surface area contributed by atoms with Crippen LogP contribution >= 0.6 is 0 Å². The minimum atomic E-state index is -0.264. The highest BCUT2D eigenvalue weighted by molar-refractivity contribution is 5.78. The van der Waals surface area contributed by atoms with E-state index in [0.29, 0.717) is 19.8 Å². The lowest BCUT2D eigenvalue weighted by atomic mass is 10.4. The molecule has 0 unspecified atom stereocenters. The number of rotatable bonds is 3. The summed E-state index contributed by atoms with van der Waals surface area (Å²) in [5.41, 5.74) is 0. The van der Waals surface area contributed by atoms with Crippen LogP contribution in [0.3, 0.4) is 0 Å². The summed E-state index contributed by atoms with van der Waals surface area (Å²) in [6.07, 6.45) is 0. The Hall–Kier alpha value is -0.610. The van der Waals surface area contributed by atoms with Crippen LogP contribution in [0.4, 0.5) is 0 Å².